The lowest BCUT2D eigenvalue weighted by molar-refractivity contribution is -0.131. The van der Waals surface area contributed by atoms with E-state index in [1.54, 1.807) is 0 Å². The van der Waals surface area contributed by atoms with Crippen LogP contribution in [0.15, 0.2) is 0 Å². The van der Waals surface area contributed by atoms with Gasteiger partial charge in [-0.3, -0.25) is 4.79 Å². The summed E-state index contributed by atoms with van der Waals surface area (Å²) in [5.74, 6) is -0.0246. The molecule has 0 aromatic heterocycles. The third-order valence-electron chi connectivity index (χ3n) is 3.83. The van der Waals surface area contributed by atoms with E-state index in [1.807, 2.05) is 13.8 Å². The van der Waals surface area contributed by atoms with E-state index in [9.17, 15) is 9.90 Å². The summed E-state index contributed by atoms with van der Waals surface area (Å²) in [6.45, 7) is 4.18. The van der Waals surface area contributed by atoms with Gasteiger partial charge >= 0.3 is 0 Å². The Kier molecular flexibility index (Phi) is 4.74. The minimum absolute atomic E-state index is 0.0246. The minimum atomic E-state index is -0.503. The molecule has 0 aromatic rings. The number of hydrogen-bond acceptors (Lipinski definition) is 3. The van der Waals surface area contributed by atoms with Crippen molar-refractivity contribution in [3.05, 3.63) is 0 Å². The predicted molar refractivity (Wildman–Crippen MR) is 63.9 cm³/mol. The highest BCUT2D eigenvalue weighted by Gasteiger charge is 2.33. The molecule has 1 saturated carbocycles. The van der Waals surface area contributed by atoms with E-state index >= 15 is 0 Å². The van der Waals surface area contributed by atoms with Crippen LogP contribution >= 0.6 is 0 Å². The Morgan fingerprint density at radius 3 is 2.62 bits per heavy atom. The van der Waals surface area contributed by atoms with Gasteiger partial charge in [-0.15, -0.1) is 0 Å². The summed E-state index contributed by atoms with van der Waals surface area (Å²) in [5.41, 5.74) is 5.13. The first-order chi connectivity index (χ1) is 7.53. The number of amides is 1. The second-order valence-corrected chi connectivity index (χ2v) is 5.05. The fourth-order valence-electron chi connectivity index (χ4n) is 2.02. The van der Waals surface area contributed by atoms with Crippen LogP contribution in [-0.4, -0.2) is 29.7 Å². The Bertz CT molecular complexity index is 239. The fourth-order valence-corrected chi connectivity index (χ4v) is 2.02. The minimum Gasteiger partial charge on any atom is -0.391 e. The lowest BCUT2D eigenvalue weighted by Gasteiger charge is -2.33. The highest BCUT2D eigenvalue weighted by Crippen LogP contribution is 2.23. The maximum Gasteiger partial charge on any atom is 0.227 e. The van der Waals surface area contributed by atoms with Crippen molar-refractivity contribution < 1.29 is 9.90 Å². The molecular formula is C12H24N2O2. The summed E-state index contributed by atoms with van der Waals surface area (Å²) >= 11 is 0. The molecule has 1 aliphatic carbocycles. The van der Waals surface area contributed by atoms with Crippen LogP contribution in [0.25, 0.3) is 0 Å². The van der Waals surface area contributed by atoms with E-state index in [2.05, 4.69) is 5.32 Å². The molecule has 1 aliphatic rings. The topological polar surface area (TPSA) is 75.4 Å². The third kappa shape index (κ3) is 2.95. The number of carbonyl (C=O) groups is 1. The molecule has 0 heterocycles. The number of hydrogen-bond donors (Lipinski definition) is 3. The van der Waals surface area contributed by atoms with Gasteiger partial charge in [0.1, 0.15) is 0 Å². The lowest BCUT2D eigenvalue weighted by Crippen LogP contribution is -2.51. The van der Waals surface area contributed by atoms with E-state index in [0.717, 1.165) is 32.1 Å². The molecule has 3 atom stereocenters. The van der Waals surface area contributed by atoms with Gasteiger partial charge in [-0.05, 0) is 26.2 Å². The molecular weight excluding hydrogens is 204 g/mol. The molecule has 0 saturated heterocycles. The van der Waals surface area contributed by atoms with Gasteiger partial charge in [0, 0.05) is 6.54 Å². The summed E-state index contributed by atoms with van der Waals surface area (Å²) in [4.78, 5) is 12.0. The van der Waals surface area contributed by atoms with Gasteiger partial charge in [0.05, 0.1) is 17.6 Å². The molecule has 0 aromatic carbocycles. The van der Waals surface area contributed by atoms with Crippen molar-refractivity contribution in [2.24, 2.45) is 11.1 Å². The van der Waals surface area contributed by atoms with Crippen LogP contribution in [0.2, 0.25) is 0 Å². The number of carbonyl (C=O) groups excluding carboxylic acids is 1. The van der Waals surface area contributed by atoms with Gasteiger partial charge in [-0.25, -0.2) is 0 Å². The SMILES string of the molecule is CCC(C)(CN)C(=O)N[C@@H]1CCCC[C@H]1O. The Balaban J connectivity index is 2.55. The molecule has 4 N–H and O–H groups in total. The standard InChI is InChI=1S/C12H24N2O2/c1-3-12(2,8-13)11(16)14-9-6-4-5-7-10(9)15/h9-10,15H,3-8,13H2,1-2H3,(H,14,16)/t9-,10-,12?/m1/s1. The van der Waals surface area contributed by atoms with Crippen molar-refractivity contribution in [2.75, 3.05) is 6.54 Å². The average Bonchev–Trinajstić information content (AvgIpc) is 2.31. The Labute approximate surface area is 97.6 Å². The molecule has 1 amide bonds. The Morgan fingerprint density at radius 1 is 1.50 bits per heavy atom. The molecule has 0 aliphatic heterocycles. The summed E-state index contributed by atoms with van der Waals surface area (Å²) in [5, 5.41) is 12.7. The zero-order chi connectivity index (χ0) is 12.2. The molecule has 4 nitrogen and oxygen atoms in total. The molecule has 0 radical (unpaired) electrons. The maximum atomic E-state index is 12.0. The second-order valence-electron chi connectivity index (χ2n) is 5.05. The van der Waals surface area contributed by atoms with E-state index in [1.165, 1.54) is 0 Å². The lowest BCUT2D eigenvalue weighted by atomic mass is 9.85. The number of aliphatic hydroxyl groups is 1. The second kappa shape index (κ2) is 5.64. The van der Waals surface area contributed by atoms with Crippen molar-refractivity contribution in [1.29, 1.82) is 0 Å². The molecule has 16 heavy (non-hydrogen) atoms. The zero-order valence-corrected chi connectivity index (χ0v) is 10.3. The van der Waals surface area contributed by atoms with Crippen LogP contribution in [0.5, 0.6) is 0 Å². The van der Waals surface area contributed by atoms with Gasteiger partial charge in [0.25, 0.3) is 0 Å². The smallest absolute Gasteiger partial charge is 0.227 e. The van der Waals surface area contributed by atoms with Gasteiger partial charge in [0.2, 0.25) is 5.91 Å². The van der Waals surface area contributed by atoms with Crippen LogP contribution < -0.4 is 11.1 Å². The van der Waals surface area contributed by atoms with Crippen molar-refractivity contribution in [3.63, 3.8) is 0 Å². The quantitative estimate of drug-likeness (QED) is 0.665. The summed E-state index contributed by atoms with van der Waals surface area (Å²) in [6, 6.07) is -0.0846. The van der Waals surface area contributed by atoms with Crippen LogP contribution in [0.1, 0.15) is 46.0 Å². The summed E-state index contributed by atoms with van der Waals surface area (Å²) < 4.78 is 0. The van der Waals surface area contributed by atoms with Gasteiger partial charge in [-0.2, -0.15) is 0 Å². The van der Waals surface area contributed by atoms with Crippen LogP contribution in [0.3, 0.4) is 0 Å². The maximum absolute atomic E-state index is 12.0. The number of rotatable bonds is 4. The third-order valence-corrected chi connectivity index (χ3v) is 3.83. The number of nitrogens with two attached hydrogens (primary N) is 1. The molecule has 94 valence electrons. The van der Waals surface area contributed by atoms with Crippen molar-refractivity contribution in [3.8, 4) is 0 Å². The average molecular weight is 228 g/mol. The highest BCUT2D eigenvalue weighted by atomic mass is 16.3. The van der Waals surface area contributed by atoms with E-state index in [0.29, 0.717) is 6.54 Å². The number of nitrogens with one attached hydrogen (secondary N) is 1. The van der Waals surface area contributed by atoms with E-state index in [-0.39, 0.29) is 11.9 Å². The Morgan fingerprint density at radius 2 is 2.12 bits per heavy atom. The first kappa shape index (κ1) is 13.5. The Hall–Kier alpha value is -0.610. The molecule has 0 spiro atoms. The molecule has 1 unspecified atom stereocenters. The molecule has 1 rings (SSSR count). The normalized spacial score (nSPS) is 29.5. The van der Waals surface area contributed by atoms with Crippen LogP contribution in [-0.2, 0) is 4.79 Å². The molecule has 4 heteroatoms. The largest absolute Gasteiger partial charge is 0.391 e. The first-order valence-electron chi connectivity index (χ1n) is 6.22. The molecule has 1 fully saturated rings. The number of aliphatic hydroxyl groups excluding tert-OH is 1. The van der Waals surface area contributed by atoms with Gasteiger partial charge < -0.3 is 16.2 Å². The first-order valence-corrected chi connectivity index (χ1v) is 6.22. The van der Waals surface area contributed by atoms with Crippen molar-refractivity contribution in [1.82, 2.24) is 5.32 Å². The summed E-state index contributed by atoms with van der Waals surface area (Å²) in [6.07, 6.45) is 4.12. The van der Waals surface area contributed by atoms with Gasteiger partial charge in [-0.1, -0.05) is 19.8 Å². The van der Waals surface area contributed by atoms with Crippen molar-refractivity contribution >= 4 is 5.91 Å². The monoisotopic (exact) mass is 228 g/mol. The van der Waals surface area contributed by atoms with Crippen LogP contribution in [0.4, 0.5) is 0 Å². The molecule has 0 bridgehead atoms. The summed E-state index contributed by atoms with van der Waals surface area (Å²) in [7, 11) is 0. The zero-order valence-electron chi connectivity index (χ0n) is 10.3. The predicted octanol–water partition coefficient (Wildman–Crippen LogP) is 0.781. The van der Waals surface area contributed by atoms with Crippen LogP contribution in [0, 0.1) is 5.41 Å². The highest BCUT2D eigenvalue weighted by molar-refractivity contribution is 5.82. The fraction of sp³-hybridized carbons (Fsp3) is 0.917. The van der Waals surface area contributed by atoms with E-state index < -0.39 is 11.5 Å². The van der Waals surface area contributed by atoms with Gasteiger partial charge in [0.15, 0.2) is 0 Å². The van der Waals surface area contributed by atoms with Crippen molar-refractivity contribution in [2.45, 2.75) is 58.1 Å². The van der Waals surface area contributed by atoms with E-state index in [4.69, 9.17) is 5.73 Å².